The average molecular weight is 337 g/mol. The molecule has 1 aromatic heterocycles. The molecule has 0 spiro atoms. The first-order chi connectivity index (χ1) is 11.0. The van der Waals surface area contributed by atoms with Crippen molar-refractivity contribution >= 4 is 40.1 Å². The predicted molar refractivity (Wildman–Crippen MR) is 83.6 cm³/mol. The Morgan fingerprint density at radius 1 is 1.39 bits per heavy atom. The van der Waals surface area contributed by atoms with Crippen LogP contribution in [0.1, 0.15) is 0 Å². The molecule has 9 heteroatoms. The molecule has 7 nitrogen and oxygen atoms in total. The van der Waals surface area contributed by atoms with Gasteiger partial charge in [0.25, 0.3) is 0 Å². The summed E-state index contributed by atoms with van der Waals surface area (Å²) in [6.07, 6.45) is -1.29. The lowest BCUT2D eigenvalue weighted by Crippen LogP contribution is -2.08. The van der Waals surface area contributed by atoms with Crippen LogP contribution in [0.4, 0.5) is 20.7 Å². The van der Waals surface area contributed by atoms with Crippen LogP contribution in [-0.2, 0) is 0 Å². The first-order valence-electron chi connectivity index (χ1n) is 6.35. The number of nitrogens with two attached hydrogens (primary N) is 1. The van der Waals surface area contributed by atoms with Crippen LogP contribution in [0.2, 0.25) is 5.02 Å². The molecule has 0 aliphatic heterocycles. The second-order valence-corrected chi connectivity index (χ2v) is 4.99. The molecule has 0 aliphatic rings. The fourth-order valence-corrected chi connectivity index (χ4v) is 2.25. The normalized spacial score (nSPS) is 10.7. The zero-order valence-corrected chi connectivity index (χ0v) is 12.2. The van der Waals surface area contributed by atoms with Gasteiger partial charge in [0.2, 0.25) is 0 Å². The monoisotopic (exact) mass is 336 g/mol. The number of nitrogens with one attached hydrogen (secondary N) is 2. The van der Waals surface area contributed by atoms with Crippen LogP contribution >= 0.6 is 11.6 Å². The summed E-state index contributed by atoms with van der Waals surface area (Å²) in [5.74, 6) is -0.349. The topological polar surface area (TPSA) is 113 Å². The van der Waals surface area contributed by atoms with Crippen molar-refractivity contribution in [2.24, 2.45) is 0 Å². The van der Waals surface area contributed by atoms with Crippen molar-refractivity contribution in [3.05, 3.63) is 41.2 Å². The molecular weight excluding hydrogens is 327 g/mol. The molecule has 0 aliphatic carbocycles. The number of carboxylic acid groups (broad SMARTS) is 1. The number of nitrogens with zero attached hydrogens (tertiary/aromatic N) is 1. The fraction of sp³-hybridized carbons (Fsp3) is 0. The average Bonchev–Trinajstić information content (AvgIpc) is 2.86. The Balaban J connectivity index is 2.18. The highest BCUT2D eigenvalue weighted by molar-refractivity contribution is 6.32. The Bertz CT molecular complexity index is 912. The Morgan fingerprint density at radius 3 is 2.91 bits per heavy atom. The molecule has 0 bridgehead atoms. The minimum Gasteiger partial charge on any atom is -0.465 e. The van der Waals surface area contributed by atoms with Crippen molar-refractivity contribution < 1.29 is 19.0 Å². The van der Waals surface area contributed by atoms with E-state index in [9.17, 15) is 9.18 Å². The van der Waals surface area contributed by atoms with Gasteiger partial charge in [0.05, 0.1) is 21.6 Å². The minimum atomic E-state index is -1.29. The first-order valence-corrected chi connectivity index (χ1v) is 6.73. The standard InChI is InChI=1S/C14H10ClFN4O3/c15-7-2-1-6(16)5-10(7)23-12-9(18-14(21)22)4-3-8-11(12)13(17)20-19-8/h1-5,18H,(H,21,22)(H3,17,19,20). The van der Waals surface area contributed by atoms with E-state index in [1.807, 2.05) is 0 Å². The number of hydrogen-bond acceptors (Lipinski definition) is 4. The number of H-pyrrole nitrogens is 1. The Morgan fingerprint density at radius 2 is 2.17 bits per heavy atom. The van der Waals surface area contributed by atoms with Crippen molar-refractivity contribution in [3.63, 3.8) is 0 Å². The highest BCUT2D eigenvalue weighted by atomic mass is 35.5. The summed E-state index contributed by atoms with van der Waals surface area (Å²) in [6.45, 7) is 0. The third-order valence-corrected chi connectivity index (χ3v) is 3.37. The molecule has 0 atom stereocenters. The first kappa shape index (κ1) is 14.9. The molecule has 0 saturated heterocycles. The third-order valence-electron chi connectivity index (χ3n) is 3.06. The van der Waals surface area contributed by atoms with Crippen molar-refractivity contribution in [1.29, 1.82) is 0 Å². The third kappa shape index (κ3) is 2.84. The number of ether oxygens (including phenoxy) is 1. The van der Waals surface area contributed by atoms with E-state index >= 15 is 0 Å². The summed E-state index contributed by atoms with van der Waals surface area (Å²) < 4.78 is 19.0. The highest BCUT2D eigenvalue weighted by Gasteiger charge is 2.18. The Kier molecular flexibility index (Phi) is 3.67. The van der Waals surface area contributed by atoms with Gasteiger partial charge in [-0.3, -0.25) is 10.4 Å². The van der Waals surface area contributed by atoms with E-state index in [1.165, 1.54) is 18.2 Å². The second-order valence-electron chi connectivity index (χ2n) is 4.58. The van der Waals surface area contributed by atoms with Gasteiger partial charge in [0, 0.05) is 6.07 Å². The SMILES string of the molecule is Nc1n[nH]c2ccc(NC(=O)O)c(Oc3cc(F)ccc3Cl)c12. The molecule has 2 aromatic carbocycles. The van der Waals surface area contributed by atoms with E-state index in [0.29, 0.717) is 10.9 Å². The molecule has 118 valence electrons. The zero-order chi connectivity index (χ0) is 16.6. The number of fused-ring (bicyclic) bond motifs is 1. The molecule has 3 aromatic rings. The van der Waals surface area contributed by atoms with Gasteiger partial charge in [-0.25, -0.2) is 9.18 Å². The largest absolute Gasteiger partial charge is 0.465 e. The second kappa shape index (κ2) is 5.65. The van der Waals surface area contributed by atoms with Crippen LogP contribution in [0, 0.1) is 5.82 Å². The van der Waals surface area contributed by atoms with E-state index in [4.69, 9.17) is 27.2 Å². The molecule has 0 radical (unpaired) electrons. The van der Waals surface area contributed by atoms with Gasteiger partial charge in [-0.15, -0.1) is 0 Å². The summed E-state index contributed by atoms with van der Waals surface area (Å²) in [7, 11) is 0. The van der Waals surface area contributed by atoms with E-state index in [-0.39, 0.29) is 28.0 Å². The molecule has 3 rings (SSSR count). The molecule has 0 fully saturated rings. The molecule has 5 N–H and O–H groups in total. The quantitative estimate of drug-likeness (QED) is 0.580. The molecule has 23 heavy (non-hydrogen) atoms. The minimum absolute atomic E-state index is 0.0215. The molecular formula is C14H10ClFN4O3. The number of benzene rings is 2. The number of aromatic amines is 1. The zero-order valence-electron chi connectivity index (χ0n) is 11.4. The summed E-state index contributed by atoms with van der Waals surface area (Å²) >= 11 is 5.99. The number of hydrogen-bond donors (Lipinski definition) is 4. The van der Waals surface area contributed by atoms with Gasteiger partial charge in [0.1, 0.15) is 11.6 Å². The lowest BCUT2D eigenvalue weighted by Gasteiger charge is -2.13. The predicted octanol–water partition coefficient (Wildman–Crippen LogP) is 3.82. The highest BCUT2D eigenvalue weighted by Crippen LogP contribution is 2.41. The molecule has 1 heterocycles. The number of anilines is 2. The maximum Gasteiger partial charge on any atom is 0.409 e. The fourth-order valence-electron chi connectivity index (χ4n) is 2.09. The van der Waals surface area contributed by atoms with Crippen molar-refractivity contribution in [1.82, 2.24) is 10.2 Å². The number of rotatable bonds is 3. The van der Waals surface area contributed by atoms with Crippen molar-refractivity contribution in [2.75, 3.05) is 11.1 Å². The van der Waals surface area contributed by atoms with Crippen molar-refractivity contribution in [2.45, 2.75) is 0 Å². The molecule has 1 amide bonds. The summed E-state index contributed by atoms with van der Waals surface area (Å²) in [5, 5.41) is 18.2. The number of amides is 1. The van der Waals surface area contributed by atoms with E-state index in [0.717, 1.165) is 6.07 Å². The van der Waals surface area contributed by atoms with Crippen LogP contribution < -0.4 is 15.8 Å². The Hall–Kier alpha value is -3.00. The Labute approximate surface area is 133 Å². The lowest BCUT2D eigenvalue weighted by molar-refractivity contribution is 0.209. The van der Waals surface area contributed by atoms with Gasteiger partial charge < -0.3 is 15.6 Å². The smallest absolute Gasteiger partial charge is 0.409 e. The maximum absolute atomic E-state index is 13.4. The van der Waals surface area contributed by atoms with E-state index in [1.54, 1.807) is 6.07 Å². The molecule has 0 unspecified atom stereocenters. The van der Waals surface area contributed by atoms with Crippen molar-refractivity contribution in [3.8, 4) is 11.5 Å². The number of nitrogen functional groups attached to an aromatic ring is 1. The summed E-state index contributed by atoms with van der Waals surface area (Å²) in [6, 6.07) is 6.65. The lowest BCUT2D eigenvalue weighted by atomic mass is 10.2. The van der Waals surface area contributed by atoms with Gasteiger partial charge in [-0.2, -0.15) is 5.10 Å². The summed E-state index contributed by atoms with van der Waals surface area (Å²) in [4.78, 5) is 10.9. The maximum atomic E-state index is 13.4. The summed E-state index contributed by atoms with van der Waals surface area (Å²) in [5.41, 5.74) is 6.45. The van der Waals surface area contributed by atoms with Gasteiger partial charge >= 0.3 is 6.09 Å². The van der Waals surface area contributed by atoms with Crippen LogP contribution in [0.5, 0.6) is 11.5 Å². The number of carbonyl (C=O) groups is 1. The van der Waals surface area contributed by atoms with Crippen LogP contribution in [0.3, 0.4) is 0 Å². The van der Waals surface area contributed by atoms with Crippen LogP contribution in [0.25, 0.3) is 10.9 Å². The van der Waals surface area contributed by atoms with Gasteiger partial charge in [-0.1, -0.05) is 11.6 Å². The van der Waals surface area contributed by atoms with Crippen LogP contribution in [0.15, 0.2) is 30.3 Å². The molecule has 0 saturated carbocycles. The van der Waals surface area contributed by atoms with E-state index < -0.39 is 11.9 Å². The number of halogens is 2. The number of aromatic nitrogens is 2. The van der Waals surface area contributed by atoms with Gasteiger partial charge in [0.15, 0.2) is 11.6 Å². The van der Waals surface area contributed by atoms with Gasteiger partial charge in [-0.05, 0) is 24.3 Å². The van der Waals surface area contributed by atoms with Crippen LogP contribution in [-0.4, -0.2) is 21.4 Å². The van der Waals surface area contributed by atoms with E-state index in [2.05, 4.69) is 15.5 Å².